The van der Waals surface area contributed by atoms with Crippen LogP contribution in [0.1, 0.15) is 15.9 Å². The van der Waals surface area contributed by atoms with E-state index in [0.29, 0.717) is 6.07 Å². The third-order valence-corrected chi connectivity index (χ3v) is 5.75. The average molecular weight is 365 g/mol. The summed E-state index contributed by atoms with van der Waals surface area (Å²) in [6.45, 7) is 0.0390. The number of nitrogens with zero attached hydrogens (tertiary/aromatic N) is 1. The molecule has 1 aliphatic heterocycles. The molecule has 0 radical (unpaired) electrons. The van der Waals surface area contributed by atoms with Crippen LogP contribution in [-0.2, 0) is 10.0 Å². The van der Waals surface area contributed by atoms with Gasteiger partial charge >= 0.3 is 5.97 Å². The molecule has 1 heterocycles. The van der Waals surface area contributed by atoms with Crippen LogP contribution in [0, 0.1) is 11.6 Å². The molecule has 3 rings (SSSR count). The van der Waals surface area contributed by atoms with E-state index in [4.69, 9.17) is 5.11 Å². The third-order valence-electron chi connectivity index (χ3n) is 3.92. The van der Waals surface area contributed by atoms with Crippen molar-refractivity contribution in [3.8, 4) is 0 Å². The van der Waals surface area contributed by atoms with Gasteiger partial charge in [0.1, 0.15) is 16.3 Å². The minimum absolute atomic E-state index is 0.0194. The summed E-state index contributed by atoms with van der Waals surface area (Å²) in [6.07, 6.45) is 1.70. The molecule has 0 bridgehead atoms. The van der Waals surface area contributed by atoms with Gasteiger partial charge in [-0.05, 0) is 23.3 Å². The van der Waals surface area contributed by atoms with Crippen molar-refractivity contribution >= 4 is 21.6 Å². The molecule has 0 aliphatic carbocycles. The Morgan fingerprint density at radius 3 is 2.40 bits per heavy atom. The normalized spacial score (nSPS) is 15.2. The first-order valence-corrected chi connectivity index (χ1v) is 8.72. The van der Waals surface area contributed by atoms with Crippen LogP contribution < -0.4 is 0 Å². The highest BCUT2D eigenvalue weighted by Gasteiger charge is 2.33. The fourth-order valence-corrected chi connectivity index (χ4v) is 4.07. The summed E-state index contributed by atoms with van der Waals surface area (Å²) >= 11 is 0. The van der Waals surface area contributed by atoms with Gasteiger partial charge in [-0.1, -0.05) is 36.4 Å². The second kappa shape index (κ2) is 6.38. The van der Waals surface area contributed by atoms with Gasteiger partial charge in [0.25, 0.3) is 0 Å². The lowest BCUT2D eigenvalue weighted by atomic mass is 10.1. The van der Waals surface area contributed by atoms with Gasteiger partial charge < -0.3 is 5.11 Å². The summed E-state index contributed by atoms with van der Waals surface area (Å²) in [5, 5.41) is 8.89. The maximum atomic E-state index is 14.3. The van der Waals surface area contributed by atoms with E-state index in [2.05, 4.69) is 0 Å². The molecule has 25 heavy (non-hydrogen) atoms. The topological polar surface area (TPSA) is 74.7 Å². The van der Waals surface area contributed by atoms with Crippen LogP contribution in [0.4, 0.5) is 8.78 Å². The number of halogens is 2. The highest BCUT2D eigenvalue weighted by Crippen LogP contribution is 2.29. The van der Waals surface area contributed by atoms with Gasteiger partial charge in [-0.25, -0.2) is 22.0 Å². The largest absolute Gasteiger partial charge is 0.477 e. The Morgan fingerprint density at radius 2 is 1.76 bits per heavy atom. The molecule has 0 spiro atoms. The van der Waals surface area contributed by atoms with Crippen molar-refractivity contribution in [2.45, 2.75) is 4.90 Å². The van der Waals surface area contributed by atoms with E-state index in [9.17, 15) is 22.0 Å². The molecule has 1 aliphatic rings. The molecule has 2 aromatic rings. The van der Waals surface area contributed by atoms with Gasteiger partial charge in [-0.2, -0.15) is 4.31 Å². The molecule has 0 atom stereocenters. The Hall–Kier alpha value is -2.58. The first-order valence-electron chi connectivity index (χ1n) is 7.28. The van der Waals surface area contributed by atoms with E-state index in [1.165, 1.54) is 0 Å². The summed E-state index contributed by atoms with van der Waals surface area (Å²) in [6, 6.07) is 10.5. The molecule has 0 saturated heterocycles. The number of hydrogen-bond donors (Lipinski definition) is 1. The molecular weight excluding hydrogens is 352 g/mol. The molecule has 1 N–H and O–H groups in total. The monoisotopic (exact) mass is 365 g/mol. The Kier molecular flexibility index (Phi) is 4.40. The number of hydrogen-bond acceptors (Lipinski definition) is 3. The maximum absolute atomic E-state index is 14.3. The first-order chi connectivity index (χ1) is 11.8. The predicted molar refractivity (Wildman–Crippen MR) is 86.5 cm³/mol. The van der Waals surface area contributed by atoms with Gasteiger partial charge in [0.15, 0.2) is 5.82 Å². The second-order valence-corrected chi connectivity index (χ2v) is 7.34. The molecule has 130 valence electrons. The lowest BCUT2D eigenvalue weighted by Gasteiger charge is -2.18. The molecule has 5 nitrogen and oxygen atoms in total. The lowest BCUT2D eigenvalue weighted by molar-refractivity contribution is 0.0685. The zero-order valence-electron chi connectivity index (χ0n) is 12.8. The maximum Gasteiger partial charge on any atom is 0.341 e. The standard InChI is InChI=1S/C17H13F2NO4S/c18-13-6-7-14(16(19)15(13)17(21)22)25(23,24)20-9-8-12(10-20)11-4-2-1-3-5-11/h1-8H,9-10H2,(H,21,22). The summed E-state index contributed by atoms with van der Waals surface area (Å²) < 4.78 is 54.1. The van der Waals surface area contributed by atoms with Crippen LogP contribution in [0.25, 0.3) is 5.57 Å². The van der Waals surface area contributed by atoms with Crippen molar-refractivity contribution in [1.82, 2.24) is 4.31 Å². The molecule has 0 saturated carbocycles. The number of benzene rings is 2. The molecule has 8 heteroatoms. The molecule has 0 fully saturated rings. The summed E-state index contributed by atoms with van der Waals surface area (Å²) in [5.74, 6) is -4.79. The second-order valence-electron chi connectivity index (χ2n) is 5.43. The van der Waals surface area contributed by atoms with E-state index in [0.717, 1.165) is 21.5 Å². The average Bonchev–Trinajstić information content (AvgIpc) is 3.06. The minimum atomic E-state index is -4.31. The third kappa shape index (κ3) is 3.06. The van der Waals surface area contributed by atoms with Crippen LogP contribution >= 0.6 is 0 Å². The van der Waals surface area contributed by atoms with Gasteiger partial charge in [-0.15, -0.1) is 0 Å². The first kappa shape index (κ1) is 17.2. The Bertz CT molecular complexity index is 972. The minimum Gasteiger partial charge on any atom is -0.477 e. The van der Waals surface area contributed by atoms with E-state index in [-0.39, 0.29) is 13.1 Å². The Morgan fingerprint density at radius 1 is 1.08 bits per heavy atom. The Labute approximate surface area is 142 Å². The number of carboxylic acids is 1. The number of aromatic carboxylic acids is 1. The molecular formula is C17H13F2NO4S. The SMILES string of the molecule is O=C(O)c1c(F)ccc(S(=O)(=O)N2CC=C(c3ccccc3)C2)c1F. The highest BCUT2D eigenvalue weighted by atomic mass is 32.2. The quantitative estimate of drug-likeness (QED) is 0.904. The van der Waals surface area contributed by atoms with Crippen molar-refractivity contribution in [2.24, 2.45) is 0 Å². The van der Waals surface area contributed by atoms with Crippen LogP contribution in [0.2, 0.25) is 0 Å². The fraction of sp³-hybridized carbons (Fsp3) is 0.118. The fourth-order valence-electron chi connectivity index (χ4n) is 2.64. The zero-order chi connectivity index (χ0) is 18.2. The van der Waals surface area contributed by atoms with E-state index in [1.807, 2.05) is 30.3 Å². The van der Waals surface area contributed by atoms with Crippen LogP contribution in [0.5, 0.6) is 0 Å². The van der Waals surface area contributed by atoms with Crippen molar-refractivity contribution in [2.75, 3.05) is 13.1 Å². The number of carbonyl (C=O) groups is 1. The van der Waals surface area contributed by atoms with Gasteiger partial charge in [0, 0.05) is 13.1 Å². The number of rotatable bonds is 4. The van der Waals surface area contributed by atoms with Crippen molar-refractivity contribution < 1.29 is 27.1 Å². The van der Waals surface area contributed by atoms with Gasteiger partial charge in [0.05, 0.1) is 0 Å². The van der Waals surface area contributed by atoms with E-state index >= 15 is 0 Å². The van der Waals surface area contributed by atoms with Crippen LogP contribution in [-0.4, -0.2) is 36.9 Å². The van der Waals surface area contributed by atoms with Crippen molar-refractivity contribution in [3.05, 3.63) is 71.3 Å². The number of sulfonamides is 1. The van der Waals surface area contributed by atoms with E-state index < -0.39 is 38.1 Å². The molecule has 2 aromatic carbocycles. The van der Waals surface area contributed by atoms with E-state index in [1.54, 1.807) is 6.08 Å². The predicted octanol–water partition coefficient (Wildman–Crippen LogP) is 2.75. The zero-order valence-corrected chi connectivity index (χ0v) is 13.6. The van der Waals surface area contributed by atoms with Gasteiger partial charge in [-0.3, -0.25) is 0 Å². The summed E-state index contributed by atoms with van der Waals surface area (Å²) in [4.78, 5) is 10.1. The highest BCUT2D eigenvalue weighted by molar-refractivity contribution is 7.89. The van der Waals surface area contributed by atoms with Crippen LogP contribution in [0.3, 0.4) is 0 Å². The van der Waals surface area contributed by atoms with Crippen molar-refractivity contribution in [1.29, 1.82) is 0 Å². The van der Waals surface area contributed by atoms with Crippen LogP contribution in [0.15, 0.2) is 53.4 Å². The van der Waals surface area contributed by atoms with Gasteiger partial charge in [0.2, 0.25) is 10.0 Å². The molecule has 0 amide bonds. The van der Waals surface area contributed by atoms with Crippen molar-refractivity contribution in [3.63, 3.8) is 0 Å². The summed E-state index contributed by atoms with van der Waals surface area (Å²) in [5.41, 5.74) is 0.313. The molecule has 0 aromatic heterocycles. The smallest absolute Gasteiger partial charge is 0.341 e. The molecule has 0 unspecified atom stereocenters. The number of carboxylic acid groups (broad SMARTS) is 1. The Balaban J connectivity index is 1.95. The summed E-state index contributed by atoms with van der Waals surface area (Å²) in [7, 11) is -4.31. The lowest BCUT2D eigenvalue weighted by Crippen LogP contribution is -2.30.